The lowest BCUT2D eigenvalue weighted by Crippen LogP contribution is -2.22. The van der Waals surface area contributed by atoms with E-state index in [1.807, 2.05) is 37.3 Å². The van der Waals surface area contributed by atoms with Crippen molar-refractivity contribution in [2.75, 3.05) is 28.6 Å². The van der Waals surface area contributed by atoms with Gasteiger partial charge < -0.3 is 10.2 Å². The van der Waals surface area contributed by atoms with Crippen LogP contribution in [0.4, 0.5) is 22.1 Å². The third-order valence-electron chi connectivity index (χ3n) is 3.72. The Balaban J connectivity index is 1.66. The molecule has 0 atom stereocenters. The van der Waals surface area contributed by atoms with E-state index >= 15 is 0 Å². The van der Waals surface area contributed by atoms with Crippen LogP contribution in [0.2, 0.25) is 0 Å². The first-order valence-electron chi connectivity index (χ1n) is 7.43. The Morgan fingerprint density at radius 2 is 1.91 bits per heavy atom. The number of aromatic nitrogens is 2. The van der Waals surface area contributed by atoms with Gasteiger partial charge >= 0.3 is 6.03 Å². The molecule has 0 radical (unpaired) electrons. The number of urea groups is 1. The van der Waals surface area contributed by atoms with Crippen molar-refractivity contribution in [1.82, 2.24) is 9.97 Å². The van der Waals surface area contributed by atoms with Crippen molar-refractivity contribution in [1.29, 1.82) is 0 Å². The van der Waals surface area contributed by atoms with Gasteiger partial charge in [-0.2, -0.15) is 0 Å². The van der Waals surface area contributed by atoms with Crippen molar-refractivity contribution in [2.24, 2.45) is 0 Å². The fourth-order valence-electron chi connectivity index (χ4n) is 2.52. The molecule has 0 unspecified atom stereocenters. The lowest BCUT2D eigenvalue weighted by atomic mass is 10.2. The Hall–Kier alpha value is -2.63. The lowest BCUT2D eigenvalue weighted by molar-refractivity contribution is 0.262. The van der Waals surface area contributed by atoms with Crippen LogP contribution in [0, 0.1) is 6.92 Å². The number of para-hydroxylation sites is 1. The first-order chi connectivity index (χ1) is 10.7. The van der Waals surface area contributed by atoms with E-state index in [0.717, 1.165) is 30.2 Å². The highest BCUT2D eigenvalue weighted by atomic mass is 16.2. The molecule has 2 heterocycles. The van der Waals surface area contributed by atoms with Crippen LogP contribution < -0.4 is 15.5 Å². The molecule has 1 aromatic carbocycles. The van der Waals surface area contributed by atoms with Gasteiger partial charge in [-0.3, -0.25) is 5.32 Å². The summed E-state index contributed by atoms with van der Waals surface area (Å²) in [6, 6.07) is 9.14. The fraction of sp³-hybridized carbons (Fsp3) is 0.312. The summed E-state index contributed by atoms with van der Waals surface area (Å²) in [5.41, 5.74) is 1.80. The molecule has 6 heteroatoms. The molecule has 1 saturated heterocycles. The Labute approximate surface area is 129 Å². The van der Waals surface area contributed by atoms with Gasteiger partial charge in [-0.05, 0) is 31.4 Å². The summed E-state index contributed by atoms with van der Waals surface area (Å²) in [7, 11) is 0. The quantitative estimate of drug-likeness (QED) is 0.913. The number of carbonyl (C=O) groups is 1. The number of aryl methyl sites for hydroxylation is 1. The smallest absolute Gasteiger partial charge is 0.324 e. The monoisotopic (exact) mass is 297 g/mol. The molecule has 6 nitrogen and oxygen atoms in total. The summed E-state index contributed by atoms with van der Waals surface area (Å²) in [4.78, 5) is 22.6. The van der Waals surface area contributed by atoms with Crippen LogP contribution in [-0.4, -0.2) is 29.1 Å². The molecule has 2 amide bonds. The normalized spacial score (nSPS) is 14.0. The third kappa shape index (κ3) is 3.33. The molecular formula is C16H19N5O. The van der Waals surface area contributed by atoms with Crippen LogP contribution in [0.1, 0.15) is 18.4 Å². The molecule has 0 saturated carbocycles. The highest BCUT2D eigenvalue weighted by molar-refractivity contribution is 5.99. The van der Waals surface area contributed by atoms with Crippen LogP contribution in [0.15, 0.2) is 36.7 Å². The minimum Gasteiger partial charge on any atom is -0.356 e. The number of amides is 2. The van der Waals surface area contributed by atoms with Crippen molar-refractivity contribution in [2.45, 2.75) is 19.8 Å². The Kier molecular flexibility index (Phi) is 4.18. The van der Waals surface area contributed by atoms with Gasteiger partial charge in [-0.25, -0.2) is 14.8 Å². The van der Waals surface area contributed by atoms with E-state index in [1.165, 1.54) is 19.2 Å². The van der Waals surface area contributed by atoms with E-state index < -0.39 is 0 Å². The van der Waals surface area contributed by atoms with Crippen LogP contribution in [0.25, 0.3) is 0 Å². The van der Waals surface area contributed by atoms with Gasteiger partial charge in [0, 0.05) is 24.8 Å². The van der Waals surface area contributed by atoms with Gasteiger partial charge in [-0.1, -0.05) is 18.2 Å². The standard InChI is InChI=1S/C16H19N5O/c1-12-6-2-3-7-13(12)19-16(22)20-14-10-15(18-11-17-14)21-8-4-5-9-21/h2-3,6-7,10-11H,4-5,8-9H2,1H3,(H2,17,18,19,20,22). The second-order valence-electron chi connectivity index (χ2n) is 5.35. The molecule has 114 valence electrons. The SMILES string of the molecule is Cc1ccccc1NC(=O)Nc1cc(N2CCCC2)ncn1. The first-order valence-corrected chi connectivity index (χ1v) is 7.43. The summed E-state index contributed by atoms with van der Waals surface area (Å²) in [5, 5.41) is 5.58. The van der Waals surface area contributed by atoms with E-state index in [0.29, 0.717) is 5.82 Å². The summed E-state index contributed by atoms with van der Waals surface area (Å²) in [5.74, 6) is 1.36. The van der Waals surface area contributed by atoms with Crippen molar-refractivity contribution in [3.05, 3.63) is 42.2 Å². The molecule has 2 aromatic rings. The number of hydrogen-bond donors (Lipinski definition) is 2. The number of nitrogens with zero attached hydrogens (tertiary/aromatic N) is 3. The van der Waals surface area contributed by atoms with Crippen LogP contribution in [0.3, 0.4) is 0 Å². The van der Waals surface area contributed by atoms with Gasteiger partial charge in [-0.15, -0.1) is 0 Å². The van der Waals surface area contributed by atoms with Crippen molar-refractivity contribution in [3.63, 3.8) is 0 Å². The molecule has 0 bridgehead atoms. The van der Waals surface area contributed by atoms with Crippen LogP contribution in [0.5, 0.6) is 0 Å². The van der Waals surface area contributed by atoms with E-state index in [2.05, 4.69) is 25.5 Å². The molecule has 3 rings (SSSR count). The number of carbonyl (C=O) groups excluding carboxylic acids is 1. The summed E-state index contributed by atoms with van der Waals surface area (Å²) in [6.07, 6.45) is 3.85. The van der Waals surface area contributed by atoms with Crippen molar-refractivity contribution < 1.29 is 4.79 Å². The van der Waals surface area contributed by atoms with Gasteiger partial charge in [0.25, 0.3) is 0 Å². The molecule has 1 aliphatic rings. The number of benzene rings is 1. The minimum atomic E-state index is -0.305. The second kappa shape index (κ2) is 6.43. The second-order valence-corrected chi connectivity index (χ2v) is 5.35. The summed E-state index contributed by atoms with van der Waals surface area (Å²) < 4.78 is 0. The van der Waals surface area contributed by atoms with Crippen LogP contribution in [-0.2, 0) is 0 Å². The fourth-order valence-corrected chi connectivity index (χ4v) is 2.52. The van der Waals surface area contributed by atoms with E-state index in [4.69, 9.17) is 0 Å². The minimum absolute atomic E-state index is 0.305. The maximum Gasteiger partial charge on any atom is 0.324 e. The van der Waals surface area contributed by atoms with E-state index in [9.17, 15) is 4.79 Å². The van der Waals surface area contributed by atoms with Crippen molar-refractivity contribution >= 4 is 23.4 Å². The molecule has 1 fully saturated rings. The molecular weight excluding hydrogens is 278 g/mol. The number of anilines is 3. The van der Waals surface area contributed by atoms with Gasteiger partial charge in [0.05, 0.1) is 0 Å². The Morgan fingerprint density at radius 3 is 2.68 bits per heavy atom. The number of rotatable bonds is 3. The molecule has 0 aliphatic carbocycles. The zero-order chi connectivity index (χ0) is 15.4. The van der Waals surface area contributed by atoms with E-state index in [1.54, 1.807) is 0 Å². The molecule has 1 aromatic heterocycles. The van der Waals surface area contributed by atoms with Gasteiger partial charge in [0.2, 0.25) is 0 Å². The van der Waals surface area contributed by atoms with E-state index in [-0.39, 0.29) is 6.03 Å². The average molecular weight is 297 g/mol. The summed E-state index contributed by atoms with van der Waals surface area (Å²) >= 11 is 0. The van der Waals surface area contributed by atoms with Gasteiger partial charge in [0.1, 0.15) is 18.0 Å². The Morgan fingerprint density at radius 1 is 1.14 bits per heavy atom. The third-order valence-corrected chi connectivity index (χ3v) is 3.72. The number of nitrogens with one attached hydrogen (secondary N) is 2. The predicted octanol–water partition coefficient (Wildman–Crippen LogP) is 3.03. The predicted molar refractivity (Wildman–Crippen MR) is 87.3 cm³/mol. The summed E-state index contributed by atoms with van der Waals surface area (Å²) in [6.45, 7) is 3.96. The topological polar surface area (TPSA) is 70.2 Å². The van der Waals surface area contributed by atoms with Crippen molar-refractivity contribution in [3.8, 4) is 0 Å². The lowest BCUT2D eigenvalue weighted by Gasteiger charge is -2.16. The highest BCUT2D eigenvalue weighted by Crippen LogP contribution is 2.19. The maximum absolute atomic E-state index is 12.1. The number of hydrogen-bond acceptors (Lipinski definition) is 4. The molecule has 2 N–H and O–H groups in total. The molecule has 22 heavy (non-hydrogen) atoms. The van der Waals surface area contributed by atoms with Crippen LogP contribution >= 0.6 is 0 Å². The Bertz CT molecular complexity index is 667. The molecule has 1 aliphatic heterocycles. The first kappa shape index (κ1) is 14.3. The zero-order valence-electron chi connectivity index (χ0n) is 12.5. The average Bonchev–Trinajstić information content (AvgIpc) is 3.04. The zero-order valence-corrected chi connectivity index (χ0v) is 12.5. The maximum atomic E-state index is 12.1. The highest BCUT2D eigenvalue weighted by Gasteiger charge is 2.14. The van der Waals surface area contributed by atoms with Gasteiger partial charge in [0.15, 0.2) is 0 Å². The molecule has 0 spiro atoms. The largest absolute Gasteiger partial charge is 0.356 e.